The molecule has 0 radical (unpaired) electrons. The molecule has 0 atom stereocenters. The molecule has 3 rings (SSSR count). The molecular weight excluding hydrogens is 266 g/mol. The van der Waals surface area contributed by atoms with E-state index in [9.17, 15) is 0 Å². The number of ether oxygens (including phenoxy) is 2. The minimum atomic E-state index is 0.408. The zero-order chi connectivity index (χ0) is 14.7. The zero-order valence-electron chi connectivity index (χ0n) is 11.8. The molecule has 5 nitrogen and oxygen atoms in total. The van der Waals surface area contributed by atoms with Crippen LogP contribution >= 0.6 is 0 Å². The van der Waals surface area contributed by atoms with Crippen LogP contribution in [0.15, 0.2) is 47.5 Å². The summed E-state index contributed by atoms with van der Waals surface area (Å²) in [6.45, 7) is 0.950. The van der Waals surface area contributed by atoms with Crippen LogP contribution in [0.3, 0.4) is 0 Å². The zero-order valence-corrected chi connectivity index (χ0v) is 11.8. The number of anilines is 2. The fourth-order valence-corrected chi connectivity index (χ4v) is 2.20. The minimum absolute atomic E-state index is 0.408. The molecule has 0 saturated heterocycles. The van der Waals surface area contributed by atoms with E-state index >= 15 is 0 Å². The summed E-state index contributed by atoms with van der Waals surface area (Å²) >= 11 is 0. The Bertz CT molecular complexity index is 683. The number of nitrogens with two attached hydrogens (primary N) is 1. The highest BCUT2D eigenvalue weighted by molar-refractivity contribution is 5.99. The lowest BCUT2D eigenvalue weighted by Gasteiger charge is -2.21. The van der Waals surface area contributed by atoms with Crippen molar-refractivity contribution in [3.63, 3.8) is 0 Å². The lowest BCUT2D eigenvalue weighted by Crippen LogP contribution is -2.26. The van der Waals surface area contributed by atoms with Gasteiger partial charge < -0.3 is 20.5 Å². The SMILES string of the molecule is COc1ccccc1CN=C1COc2cc(N)ccc2N1. The standard InChI is InChI=1S/C16H17N3O2/c1-20-14-5-3-2-4-11(14)9-18-16-10-21-15-8-12(17)6-7-13(15)19-16/h2-8H,9-10,17H2,1H3,(H,18,19). The third kappa shape index (κ3) is 2.91. The van der Waals surface area contributed by atoms with Crippen molar-refractivity contribution in [1.82, 2.24) is 0 Å². The molecule has 108 valence electrons. The lowest BCUT2D eigenvalue weighted by molar-refractivity contribution is 0.372. The van der Waals surface area contributed by atoms with E-state index in [2.05, 4.69) is 10.3 Å². The largest absolute Gasteiger partial charge is 0.496 e. The van der Waals surface area contributed by atoms with Crippen molar-refractivity contribution in [3.8, 4) is 11.5 Å². The first-order valence-electron chi connectivity index (χ1n) is 6.71. The number of aliphatic imine (C=N–C) groups is 1. The number of hydrogen-bond acceptors (Lipinski definition) is 4. The molecule has 1 aliphatic rings. The molecule has 1 aliphatic heterocycles. The number of amidine groups is 1. The summed E-state index contributed by atoms with van der Waals surface area (Å²) in [4.78, 5) is 4.55. The van der Waals surface area contributed by atoms with Crippen LogP contribution < -0.4 is 20.5 Å². The predicted molar refractivity (Wildman–Crippen MR) is 84.1 cm³/mol. The highest BCUT2D eigenvalue weighted by atomic mass is 16.5. The second-order valence-corrected chi connectivity index (χ2v) is 4.74. The molecule has 1 heterocycles. The van der Waals surface area contributed by atoms with Crippen LogP contribution in [0.5, 0.6) is 11.5 Å². The van der Waals surface area contributed by atoms with Gasteiger partial charge in [0.1, 0.15) is 23.9 Å². The maximum Gasteiger partial charge on any atom is 0.146 e. The Hall–Kier alpha value is -2.69. The number of para-hydroxylation sites is 1. The smallest absolute Gasteiger partial charge is 0.146 e. The van der Waals surface area contributed by atoms with E-state index in [4.69, 9.17) is 15.2 Å². The first-order chi connectivity index (χ1) is 10.3. The molecule has 0 saturated carbocycles. The van der Waals surface area contributed by atoms with E-state index < -0.39 is 0 Å². The van der Waals surface area contributed by atoms with Gasteiger partial charge in [0.25, 0.3) is 0 Å². The Morgan fingerprint density at radius 1 is 1.29 bits per heavy atom. The van der Waals surface area contributed by atoms with Crippen molar-refractivity contribution in [2.75, 3.05) is 24.8 Å². The summed E-state index contributed by atoms with van der Waals surface area (Å²) in [6.07, 6.45) is 0. The summed E-state index contributed by atoms with van der Waals surface area (Å²) in [7, 11) is 1.66. The van der Waals surface area contributed by atoms with Gasteiger partial charge in [-0.2, -0.15) is 0 Å². The molecule has 0 aromatic heterocycles. The Morgan fingerprint density at radius 3 is 3.00 bits per heavy atom. The van der Waals surface area contributed by atoms with E-state index in [0.717, 1.165) is 28.6 Å². The molecule has 2 aromatic rings. The summed E-state index contributed by atoms with van der Waals surface area (Å²) < 4.78 is 11.0. The number of rotatable bonds is 3. The number of nitrogens with one attached hydrogen (secondary N) is 1. The van der Waals surface area contributed by atoms with E-state index in [-0.39, 0.29) is 0 Å². The van der Waals surface area contributed by atoms with E-state index in [1.54, 1.807) is 13.2 Å². The molecule has 0 amide bonds. The molecular formula is C16H17N3O2. The summed E-state index contributed by atoms with van der Waals surface area (Å²) in [5, 5.41) is 3.26. The summed E-state index contributed by atoms with van der Waals surface area (Å²) in [5.74, 6) is 2.39. The number of benzene rings is 2. The maximum atomic E-state index is 5.73. The third-order valence-corrected chi connectivity index (χ3v) is 3.28. The molecule has 5 heteroatoms. The van der Waals surface area contributed by atoms with Crippen LogP contribution in [0.4, 0.5) is 11.4 Å². The van der Waals surface area contributed by atoms with E-state index in [0.29, 0.717) is 18.8 Å². The summed E-state index contributed by atoms with van der Waals surface area (Å²) in [6, 6.07) is 13.4. The average molecular weight is 283 g/mol. The third-order valence-electron chi connectivity index (χ3n) is 3.28. The van der Waals surface area contributed by atoms with Gasteiger partial charge in [0.05, 0.1) is 19.3 Å². The Labute approximate surface area is 123 Å². The van der Waals surface area contributed by atoms with Crippen LogP contribution in [0.2, 0.25) is 0 Å². The predicted octanol–water partition coefficient (Wildman–Crippen LogP) is 2.68. The molecule has 2 aromatic carbocycles. The van der Waals surface area contributed by atoms with Gasteiger partial charge in [0.15, 0.2) is 0 Å². The van der Waals surface area contributed by atoms with Crippen molar-refractivity contribution >= 4 is 17.2 Å². The van der Waals surface area contributed by atoms with Crippen molar-refractivity contribution in [3.05, 3.63) is 48.0 Å². The van der Waals surface area contributed by atoms with Gasteiger partial charge in [-0.25, -0.2) is 0 Å². The fourth-order valence-electron chi connectivity index (χ4n) is 2.20. The first kappa shape index (κ1) is 13.3. The molecule has 0 bridgehead atoms. The molecule has 21 heavy (non-hydrogen) atoms. The van der Waals surface area contributed by atoms with Crippen molar-refractivity contribution in [2.24, 2.45) is 4.99 Å². The van der Waals surface area contributed by atoms with Gasteiger partial charge in [-0.3, -0.25) is 4.99 Å². The number of hydrogen-bond donors (Lipinski definition) is 2. The van der Waals surface area contributed by atoms with Gasteiger partial charge in [-0.1, -0.05) is 18.2 Å². The Balaban J connectivity index is 1.75. The first-order valence-corrected chi connectivity index (χ1v) is 6.71. The quantitative estimate of drug-likeness (QED) is 0.850. The van der Waals surface area contributed by atoms with Gasteiger partial charge in [0, 0.05) is 17.3 Å². The number of methoxy groups -OCH3 is 1. The van der Waals surface area contributed by atoms with Crippen LogP contribution in [0.1, 0.15) is 5.56 Å². The van der Waals surface area contributed by atoms with Gasteiger partial charge in [-0.15, -0.1) is 0 Å². The highest BCUT2D eigenvalue weighted by Crippen LogP contribution is 2.29. The molecule has 0 spiro atoms. The maximum absolute atomic E-state index is 5.73. The van der Waals surface area contributed by atoms with Gasteiger partial charge >= 0.3 is 0 Å². The number of fused-ring (bicyclic) bond motifs is 1. The van der Waals surface area contributed by atoms with Crippen LogP contribution in [0, 0.1) is 0 Å². The topological polar surface area (TPSA) is 68.9 Å². The molecule has 0 aliphatic carbocycles. The van der Waals surface area contributed by atoms with E-state index in [1.165, 1.54) is 0 Å². The van der Waals surface area contributed by atoms with Crippen LogP contribution in [0.25, 0.3) is 0 Å². The van der Waals surface area contributed by atoms with Crippen LogP contribution in [-0.4, -0.2) is 19.6 Å². The van der Waals surface area contributed by atoms with Crippen molar-refractivity contribution < 1.29 is 9.47 Å². The summed E-state index contributed by atoms with van der Waals surface area (Å²) in [5.41, 5.74) is 8.34. The van der Waals surface area contributed by atoms with Gasteiger partial charge in [0.2, 0.25) is 0 Å². The monoisotopic (exact) mass is 283 g/mol. The normalized spacial score (nSPS) is 15.0. The fraction of sp³-hybridized carbons (Fsp3) is 0.188. The van der Waals surface area contributed by atoms with Gasteiger partial charge in [-0.05, 0) is 18.2 Å². The molecule has 3 N–H and O–H groups in total. The molecule has 0 unspecified atom stereocenters. The second kappa shape index (κ2) is 5.75. The van der Waals surface area contributed by atoms with Crippen LogP contribution in [-0.2, 0) is 6.54 Å². The highest BCUT2D eigenvalue weighted by Gasteiger charge is 2.14. The Kier molecular flexibility index (Phi) is 3.64. The second-order valence-electron chi connectivity index (χ2n) is 4.74. The Morgan fingerprint density at radius 2 is 2.14 bits per heavy atom. The number of nitrogen functional groups attached to an aromatic ring is 1. The average Bonchev–Trinajstić information content (AvgIpc) is 2.53. The van der Waals surface area contributed by atoms with E-state index in [1.807, 2.05) is 36.4 Å². The minimum Gasteiger partial charge on any atom is -0.496 e. The lowest BCUT2D eigenvalue weighted by atomic mass is 10.2. The van der Waals surface area contributed by atoms with Crippen molar-refractivity contribution in [2.45, 2.75) is 6.54 Å². The molecule has 0 fully saturated rings. The number of nitrogens with zero attached hydrogens (tertiary/aromatic N) is 1. The van der Waals surface area contributed by atoms with Crippen molar-refractivity contribution in [1.29, 1.82) is 0 Å².